The predicted octanol–water partition coefficient (Wildman–Crippen LogP) is 2.73. The molecule has 0 saturated carbocycles. The van der Waals surface area contributed by atoms with Gasteiger partial charge in [0.05, 0.1) is 6.04 Å². The van der Waals surface area contributed by atoms with E-state index in [0.717, 1.165) is 12.0 Å². The van der Waals surface area contributed by atoms with E-state index in [-0.39, 0.29) is 18.5 Å². The van der Waals surface area contributed by atoms with Crippen LogP contribution in [0.5, 0.6) is 0 Å². The number of benzene rings is 1. The number of carboxylic acid groups (broad SMARTS) is 1. The molecule has 168 valence electrons. The molecule has 0 aliphatic carbocycles. The van der Waals surface area contributed by atoms with Gasteiger partial charge in [-0.2, -0.15) is 13.2 Å². The number of carbonyl (C=O) groups is 3. The van der Waals surface area contributed by atoms with Crippen LogP contribution in [0.3, 0.4) is 0 Å². The number of aliphatic carboxylic acids is 1. The van der Waals surface area contributed by atoms with Gasteiger partial charge in [0.15, 0.2) is 0 Å². The molecule has 1 aliphatic heterocycles. The zero-order valence-electron chi connectivity index (χ0n) is 16.9. The molecule has 0 aromatic heterocycles. The molecule has 0 spiro atoms. The highest BCUT2D eigenvalue weighted by molar-refractivity contribution is 5.88. The smallest absolute Gasteiger partial charge is 0.475 e. The van der Waals surface area contributed by atoms with E-state index in [1.54, 1.807) is 4.90 Å². The lowest BCUT2D eigenvalue weighted by atomic mass is 10.0. The molecule has 0 bridgehead atoms. The van der Waals surface area contributed by atoms with Crippen LogP contribution in [0.4, 0.5) is 13.2 Å². The van der Waals surface area contributed by atoms with Crippen molar-refractivity contribution in [1.29, 1.82) is 0 Å². The van der Waals surface area contributed by atoms with Crippen LogP contribution in [0.1, 0.15) is 38.7 Å². The zero-order valence-corrected chi connectivity index (χ0v) is 16.9. The molecule has 30 heavy (non-hydrogen) atoms. The summed E-state index contributed by atoms with van der Waals surface area (Å²) in [5.41, 5.74) is 6.92. The molecule has 2 atom stereocenters. The Labute approximate surface area is 173 Å². The monoisotopic (exact) mass is 432 g/mol. The molecule has 1 saturated heterocycles. The van der Waals surface area contributed by atoms with Crippen molar-refractivity contribution in [2.75, 3.05) is 6.54 Å². The lowest BCUT2D eigenvalue weighted by Gasteiger charge is -2.26. The summed E-state index contributed by atoms with van der Waals surface area (Å²) in [6.45, 7) is 4.87. The number of carbonyl (C=O) groups excluding carboxylic acids is 2. The summed E-state index contributed by atoms with van der Waals surface area (Å²) in [4.78, 5) is 35.3. The van der Waals surface area contributed by atoms with Gasteiger partial charge in [-0.15, -0.1) is 0 Å². The number of likely N-dealkylation sites (tertiary alicyclic amines) is 1. The van der Waals surface area contributed by atoms with Crippen molar-refractivity contribution in [2.45, 2.75) is 58.0 Å². The van der Waals surface area contributed by atoms with Crippen molar-refractivity contribution in [3.05, 3.63) is 35.9 Å². The van der Waals surface area contributed by atoms with Gasteiger partial charge in [0.25, 0.3) is 0 Å². The van der Waals surface area contributed by atoms with Gasteiger partial charge in [0.2, 0.25) is 5.91 Å². The number of alkyl halides is 3. The maximum atomic E-state index is 12.5. The molecular weight excluding hydrogens is 405 g/mol. The molecule has 1 fully saturated rings. The third-order valence-electron chi connectivity index (χ3n) is 4.32. The van der Waals surface area contributed by atoms with E-state index in [9.17, 15) is 22.8 Å². The van der Waals surface area contributed by atoms with Gasteiger partial charge >= 0.3 is 18.1 Å². The van der Waals surface area contributed by atoms with Crippen LogP contribution in [-0.4, -0.2) is 52.7 Å². The quantitative estimate of drug-likeness (QED) is 0.669. The summed E-state index contributed by atoms with van der Waals surface area (Å²) < 4.78 is 37.1. The van der Waals surface area contributed by atoms with E-state index in [4.69, 9.17) is 20.4 Å². The number of nitrogens with zero attached hydrogens (tertiary/aromatic N) is 1. The van der Waals surface area contributed by atoms with Gasteiger partial charge in [-0.05, 0) is 30.7 Å². The molecule has 1 aliphatic rings. The van der Waals surface area contributed by atoms with Crippen LogP contribution in [0, 0.1) is 5.92 Å². The molecule has 1 amide bonds. The Morgan fingerprint density at radius 2 is 1.80 bits per heavy atom. The Bertz CT molecular complexity index is 710. The van der Waals surface area contributed by atoms with E-state index in [1.807, 2.05) is 44.2 Å². The first kappa shape index (κ1) is 25.4. The Morgan fingerprint density at radius 1 is 1.23 bits per heavy atom. The van der Waals surface area contributed by atoms with E-state index < -0.39 is 24.2 Å². The van der Waals surface area contributed by atoms with Crippen LogP contribution in [-0.2, 0) is 25.7 Å². The highest BCUT2D eigenvalue weighted by atomic mass is 19.4. The van der Waals surface area contributed by atoms with Gasteiger partial charge in [-0.1, -0.05) is 44.2 Å². The number of amides is 1. The van der Waals surface area contributed by atoms with Crippen LogP contribution >= 0.6 is 0 Å². The number of nitrogens with two attached hydrogens (primary N) is 1. The Kier molecular flexibility index (Phi) is 9.77. The van der Waals surface area contributed by atoms with Crippen LogP contribution in [0.25, 0.3) is 0 Å². The summed E-state index contributed by atoms with van der Waals surface area (Å²) >= 11 is 0. The van der Waals surface area contributed by atoms with Gasteiger partial charge in [-0.25, -0.2) is 9.59 Å². The highest BCUT2D eigenvalue weighted by Gasteiger charge is 2.38. The van der Waals surface area contributed by atoms with E-state index >= 15 is 0 Å². The van der Waals surface area contributed by atoms with Crippen LogP contribution in [0.2, 0.25) is 0 Å². The van der Waals surface area contributed by atoms with E-state index in [2.05, 4.69) is 0 Å². The van der Waals surface area contributed by atoms with Crippen LogP contribution < -0.4 is 5.73 Å². The third-order valence-corrected chi connectivity index (χ3v) is 4.32. The molecule has 1 aromatic carbocycles. The standard InChI is InChI=1S/C18H26N2O3.C2HF3O2/c1-13(2)11-15(19)17(21)20-10-6-9-16(20)18(22)23-12-14-7-4-3-5-8-14;3-2(4,5)1(6)7/h3-5,7-8,13,15-16H,6,9-12,19H2,1-2H3;(H,6,7)/t15-,16-;/m0./s1. The molecule has 10 heteroatoms. The van der Waals surface area contributed by atoms with E-state index in [1.165, 1.54) is 0 Å². The van der Waals surface area contributed by atoms with Crippen molar-refractivity contribution in [1.82, 2.24) is 4.90 Å². The average molecular weight is 432 g/mol. The summed E-state index contributed by atoms with van der Waals surface area (Å²) in [6, 6.07) is 8.49. The number of carboxylic acids is 1. The lowest BCUT2D eigenvalue weighted by molar-refractivity contribution is -0.192. The Balaban J connectivity index is 0.000000553. The Morgan fingerprint density at radius 3 is 2.30 bits per heavy atom. The molecular formula is C20H27F3N2O5. The molecule has 1 aromatic rings. The van der Waals surface area contributed by atoms with E-state index in [0.29, 0.717) is 25.3 Å². The van der Waals surface area contributed by atoms with Gasteiger partial charge in [0.1, 0.15) is 12.6 Å². The number of esters is 1. The third kappa shape index (κ3) is 8.40. The first-order chi connectivity index (χ1) is 13.9. The highest BCUT2D eigenvalue weighted by Crippen LogP contribution is 2.21. The fourth-order valence-corrected chi connectivity index (χ4v) is 2.92. The molecule has 0 unspecified atom stereocenters. The number of hydrogen-bond acceptors (Lipinski definition) is 5. The molecule has 2 rings (SSSR count). The van der Waals surface area contributed by atoms with Crippen molar-refractivity contribution >= 4 is 17.8 Å². The number of halogens is 3. The second kappa shape index (κ2) is 11.5. The van der Waals surface area contributed by atoms with Gasteiger partial charge < -0.3 is 20.5 Å². The molecule has 0 radical (unpaired) electrons. The summed E-state index contributed by atoms with van der Waals surface area (Å²) in [6.07, 6.45) is -3.00. The lowest BCUT2D eigenvalue weighted by Crippen LogP contribution is -2.49. The van der Waals surface area contributed by atoms with Gasteiger partial charge in [-0.3, -0.25) is 4.79 Å². The second-order valence-electron chi connectivity index (χ2n) is 7.32. The second-order valence-corrected chi connectivity index (χ2v) is 7.32. The normalized spacial score (nSPS) is 17.2. The fourth-order valence-electron chi connectivity index (χ4n) is 2.92. The topological polar surface area (TPSA) is 110 Å². The maximum Gasteiger partial charge on any atom is 0.490 e. The van der Waals surface area contributed by atoms with Gasteiger partial charge in [0, 0.05) is 6.54 Å². The van der Waals surface area contributed by atoms with Crippen molar-refractivity contribution < 1.29 is 37.4 Å². The van der Waals surface area contributed by atoms with Crippen LogP contribution in [0.15, 0.2) is 30.3 Å². The summed E-state index contributed by atoms with van der Waals surface area (Å²) in [7, 11) is 0. The largest absolute Gasteiger partial charge is 0.490 e. The first-order valence-corrected chi connectivity index (χ1v) is 9.50. The molecule has 3 N–H and O–H groups in total. The minimum atomic E-state index is -5.08. The fraction of sp³-hybridized carbons (Fsp3) is 0.550. The summed E-state index contributed by atoms with van der Waals surface area (Å²) in [5, 5.41) is 7.12. The molecule has 1 heterocycles. The first-order valence-electron chi connectivity index (χ1n) is 9.50. The number of ether oxygens (including phenoxy) is 1. The zero-order chi connectivity index (χ0) is 22.9. The minimum Gasteiger partial charge on any atom is -0.475 e. The van der Waals surface area contributed by atoms with Crippen molar-refractivity contribution in [3.8, 4) is 0 Å². The average Bonchev–Trinajstić information content (AvgIpc) is 3.15. The Hall–Kier alpha value is -2.62. The minimum absolute atomic E-state index is 0.141. The SMILES string of the molecule is CC(C)C[C@H](N)C(=O)N1CCC[C@H]1C(=O)OCc1ccccc1.O=C(O)C(F)(F)F. The van der Waals surface area contributed by atoms with Crippen molar-refractivity contribution in [2.24, 2.45) is 11.7 Å². The number of rotatable bonds is 6. The maximum absolute atomic E-state index is 12.5. The summed E-state index contributed by atoms with van der Waals surface area (Å²) in [5.74, 6) is -2.89. The number of hydrogen-bond donors (Lipinski definition) is 2. The molecule has 7 nitrogen and oxygen atoms in total. The predicted molar refractivity (Wildman–Crippen MR) is 102 cm³/mol. The van der Waals surface area contributed by atoms with Crippen molar-refractivity contribution in [3.63, 3.8) is 0 Å².